The number of carboxylic acids is 1. The van der Waals surface area contributed by atoms with Gasteiger partial charge in [0.25, 0.3) is 0 Å². The van der Waals surface area contributed by atoms with Crippen LogP contribution < -0.4 is 5.32 Å². The Morgan fingerprint density at radius 2 is 1.55 bits per heavy atom. The summed E-state index contributed by atoms with van der Waals surface area (Å²) in [5, 5.41) is 12.1. The van der Waals surface area contributed by atoms with Crippen LogP contribution >= 0.6 is 0 Å². The molecule has 31 heavy (non-hydrogen) atoms. The topological polar surface area (TPSA) is 75.6 Å². The molecule has 0 bridgehead atoms. The standard InChI is InChI=1S/C26H23NO4/c28-25(29)17-7-5-6-16(12-17)18-13-19(14-18)27-26(30)31-15-24-22-10-3-1-8-20(22)21-9-2-4-11-23(21)24/h1-12,18-19,24H,13-15H2,(H,27,30)(H,28,29). The molecule has 5 nitrogen and oxygen atoms in total. The van der Waals surface area contributed by atoms with Crippen LogP contribution in [-0.2, 0) is 4.74 Å². The van der Waals surface area contributed by atoms with Gasteiger partial charge in [-0.1, -0.05) is 60.7 Å². The number of carboxylic acid groups (broad SMARTS) is 1. The van der Waals surface area contributed by atoms with Gasteiger partial charge in [-0.2, -0.15) is 0 Å². The number of fused-ring (bicyclic) bond motifs is 3. The van der Waals surface area contributed by atoms with Gasteiger partial charge in [0, 0.05) is 12.0 Å². The van der Waals surface area contributed by atoms with Crippen molar-refractivity contribution in [1.82, 2.24) is 5.32 Å². The predicted octanol–water partition coefficient (Wildman–Crippen LogP) is 5.17. The van der Waals surface area contributed by atoms with Gasteiger partial charge in [0.05, 0.1) is 5.56 Å². The first kappa shape index (κ1) is 19.4. The summed E-state index contributed by atoms with van der Waals surface area (Å²) in [7, 11) is 0. The van der Waals surface area contributed by atoms with Crippen molar-refractivity contribution in [3.8, 4) is 11.1 Å². The number of hydrogen-bond donors (Lipinski definition) is 2. The Balaban J connectivity index is 1.17. The number of ether oxygens (including phenoxy) is 1. The van der Waals surface area contributed by atoms with Crippen molar-refractivity contribution in [3.05, 3.63) is 95.1 Å². The zero-order valence-electron chi connectivity index (χ0n) is 17.0. The molecule has 0 radical (unpaired) electrons. The number of benzene rings is 3. The summed E-state index contributed by atoms with van der Waals surface area (Å²) in [6.45, 7) is 0.302. The molecule has 0 unspecified atom stereocenters. The van der Waals surface area contributed by atoms with Crippen LogP contribution in [0.25, 0.3) is 11.1 Å². The molecule has 2 aliphatic carbocycles. The highest BCUT2D eigenvalue weighted by atomic mass is 16.5. The molecule has 5 heteroatoms. The smallest absolute Gasteiger partial charge is 0.407 e. The first-order valence-electron chi connectivity index (χ1n) is 10.5. The molecule has 0 atom stereocenters. The van der Waals surface area contributed by atoms with E-state index < -0.39 is 12.1 Å². The Morgan fingerprint density at radius 3 is 2.19 bits per heavy atom. The van der Waals surface area contributed by atoms with Crippen LogP contribution in [0.4, 0.5) is 4.79 Å². The average molecular weight is 413 g/mol. The van der Waals surface area contributed by atoms with Crippen LogP contribution in [0.2, 0.25) is 0 Å². The molecule has 0 aliphatic heterocycles. The molecular weight excluding hydrogens is 390 g/mol. The van der Waals surface area contributed by atoms with E-state index in [2.05, 4.69) is 29.6 Å². The highest BCUT2D eigenvalue weighted by molar-refractivity contribution is 5.87. The van der Waals surface area contributed by atoms with E-state index in [1.165, 1.54) is 22.3 Å². The Labute approximate surface area is 180 Å². The second-order valence-electron chi connectivity index (χ2n) is 8.27. The molecule has 5 rings (SSSR count). The van der Waals surface area contributed by atoms with Crippen molar-refractivity contribution in [1.29, 1.82) is 0 Å². The van der Waals surface area contributed by atoms with Gasteiger partial charge in [0.1, 0.15) is 6.61 Å². The molecule has 156 valence electrons. The second kappa shape index (κ2) is 7.91. The minimum absolute atomic E-state index is 0.0473. The number of carbonyl (C=O) groups excluding carboxylic acids is 1. The van der Waals surface area contributed by atoms with E-state index in [-0.39, 0.29) is 17.9 Å². The zero-order chi connectivity index (χ0) is 21.4. The van der Waals surface area contributed by atoms with Gasteiger partial charge in [0.15, 0.2) is 0 Å². The maximum atomic E-state index is 12.4. The highest BCUT2D eigenvalue weighted by Gasteiger charge is 2.33. The van der Waals surface area contributed by atoms with E-state index in [4.69, 9.17) is 9.84 Å². The third kappa shape index (κ3) is 3.67. The third-order valence-electron chi connectivity index (χ3n) is 6.41. The first-order chi connectivity index (χ1) is 15.1. The van der Waals surface area contributed by atoms with Gasteiger partial charge in [-0.15, -0.1) is 0 Å². The molecule has 1 saturated carbocycles. The minimum Gasteiger partial charge on any atom is -0.478 e. The van der Waals surface area contributed by atoms with Gasteiger partial charge < -0.3 is 15.2 Å². The molecule has 0 aromatic heterocycles. The lowest BCUT2D eigenvalue weighted by Crippen LogP contribution is -2.43. The Bertz CT molecular complexity index is 1100. The number of hydrogen-bond acceptors (Lipinski definition) is 3. The molecule has 0 spiro atoms. The van der Waals surface area contributed by atoms with Crippen LogP contribution in [0.1, 0.15) is 51.7 Å². The van der Waals surface area contributed by atoms with Crippen molar-refractivity contribution in [2.45, 2.75) is 30.7 Å². The molecule has 1 amide bonds. The number of alkyl carbamates (subject to hydrolysis) is 1. The van der Waals surface area contributed by atoms with Crippen molar-refractivity contribution in [2.75, 3.05) is 6.61 Å². The quantitative estimate of drug-likeness (QED) is 0.605. The van der Waals surface area contributed by atoms with Crippen molar-refractivity contribution in [3.63, 3.8) is 0 Å². The lowest BCUT2D eigenvalue weighted by molar-refractivity contribution is 0.0696. The van der Waals surface area contributed by atoms with Crippen molar-refractivity contribution >= 4 is 12.1 Å². The summed E-state index contributed by atoms with van der Waals surface area (Å²) in [6.07, 6.45) is 1.17. The SMILES string of the molecule is O=C(NC1CC(c2cccc(C(=O)O)c2)C1)OCC1c2ccccc2-c2ccccc21. The molecule has 3 aromatic rings. The van der Waals surface area contributed by atoms with E-state index in [1.807, 2.05) is 30.3 Å². The van der Waals surface area contributed by atoms with Crippen LogP contribution in [0.3, 0.4) is 0 Å². The van der Waals surface area contributed by atoms with E-state index >= 15 is 0 Å². The van der Waals surface area contributed by atoms with Crippen molar-refractivity contribution in [2.24, 2.45) is 0 Å². The predicted molar refractivity (Wildman–Crippen MR) is 117 cm³/mol. The molecule has 2 N–H and O–H groups in total. The summed E-state index contributed by atoms with van der Waals surface area (Å²) >= 11 is 0. The molecule has 2 aliphatic rings. The summed E-state index contributed by atoms with van der Waals surface area (Å²) in [5.74, 6) is -0.612. The largest absolute Gasteiger partial charge is 0.478 e. The van der Waals surface area contributed by atoms with Crippen LogP contribution in [0.5, 0.6) is 0 Å². The Kier molecular flexibility index (Phi) is 4.94. The third-order valence-corrected chi connectivity index (χ3v) is 6.41. The lowest BCUT2D eigenvalue weighted by atomic mass is 9.75. The maximum Gasteiger partial charge on any atom is 0.407 e. The van der Waals surface area contributed by atoms with Crippen molar-refractivity contribution < 1.29 is 19.4 Å². The first-order valence-corrected chi connectivity index (χ1v) is 10.5. The molecule has 3 aromatic carbocycles. The lowest BCUT2D eigenvalue weighted by Gasteiger charge is -2.36. The van der Waals surface area contributed by atoms with Crippen LogP contribution in [0.15, 0.2) is 72.8 Å². The number of amides is 1. The summed E-state index contributed by atoms with van der Waals surface area (Å²) in [6, 6.07) is 23.6. The Morgan fingerprint density at radius 1 is 0.903 bits per heavy atom. The fraction of sp³-hybridized carbons (Fsp3) is 0.231. The highest BCUT2D eigenvalue weighted by Crippen LogP contribution is 2.44. The van der Waals surface area contributed by atoms with Crippen LogP contribution in [0, 0.1) is 0 Å². The number of nitrogens with one attached hydrogen (secondary N) is 1. The maximum absolute atomic E-state index is 12.4. The summed E-state index contributed by atoms with van der Waals surface area (Å²) < 4.78 is 5.61. The van der Waals surface area contributed by atoms with E-state index in [1.54, 1.807) is 18.2 Å². The van der Waals surface area contributed by atoms with E-state index in [9.17, 15) is 9.59 Å². The number of rotatable bonds is 5. The van der Waals surface area contributed by atoms with Gasteiger partial charge in [-0.25, -0.2) is 9.59 Å². The van der Waals surface area contributed by atoms with Gasteiger partial charge in [-0.3, -0.25) is 0 Å². The Hall–Kier alpha value is -3.60. The average Bonchev–Trinajstić information content (AvgIpc) is 3.08. The van der Waals surface area contributed by atoms with Gasteiger partial charge >= 0.3 is 12.1 Å². The zero-order valence-corrected chi connectivity index (χ0v) is 17.0. The molecular formula is C26H23NO4. The summed E-state index contributed by atoms with van der Waals surface area (Å²) in [4.78, 5) is 23.6. The fourth-order valence-corrected chi connectivity index (χ4v) is 4.74. The molecule has 0 saturated heterocycles. The molecule has 0 heterocycles. The van der Waals surface area contributed by atoms with Gasteiger partial charge in [0.2, 0.25) is 0 Å². The fourth-order valence-electron chi connectivity index (χ4n) is 4.74. The van der Waals surface area contributed by atoms with E-state index in [0.717, 1.165) is 18.4 Å². The normalized spacial score (nSPS) is 19.1. The minimum atomic E-state index is -0.922. The second-order valence-corrected chi connectivity index (χ2v) is 8.27. The monoisotopic (exact) mass is 413 g/mol. The van der Waals surface area contributed by atoms with Crippen LogP contribution in [-0.4, -0.2) is 29.8 Å². The summed E-state index contributed by atoms with van der Waals surface area (Å²) in [5.41, 5.74) is 6.10. The number of carbonyl (C=O) groups is 2. The van der Waals surface area contributed by atoms with Gasteiger partial charge in [-0.05, 0) is 58.7 Å². The molecule has 1 fully saturated rings. The van der Waals surface area contributed by atoms with E-state index in [0.29, 0.717) is 12.2 Å². The number of aromatic carboxylic acids is 1.